The van der Waals surface area contributed by atoms with Crippen molar-refractivity contribution < 1.29 is 14.6 Å². The number of hydrogen-bond acceptors (Lipinski definition) is 5. The smallest absolute Gasteiger partial charge is 0.326 e. The fourth-order valence-corrected chi connectivity index (χ4v) is 3.64. The molecule has 0 fully saturated rings. The molecule has 0 aliphatic heterocycles. The lowest BCUT2D eigenvalue weighted by atomic mass is 9.96. The van der Waals surface area contributed by atoms with Crippen LogP contribution in [-0.4, -0.2) is 46.9 Å². The lowest BCUT2D eigenvalue weighted by molar-refractivity contribution is -0.150. The Balaban J connectivity index is 4.51. The lowest BCUT2D eigenvalue weighted by Gasteiger charge is -2.31. The van der Waals surface area contributed by atoms with Crippen molar-refractivity contribution in [3.05, 3.63) is 0 Å². The summed E-state index contributed by atoms with van der Waals surface area (Å²) in [5, 5.41) is 12.9. The van der Waals surface area contributed by atoms with Crippen LogP contribution in [0.15, 0.2) is 0 Å². The minimum atomic E-state index is -0.629. The van der Waals surface area contributed by atoms with Crippen LogP contribution in [0.4, 0.5) is 0 Å². The van der Waals surface area contributed by atoms with Crippen molar-refractivity contribution in [2.24, 2.45) is 0 Å². The molecule has 0 amide bonds. The quantitative estimate of drug-likeness (QED) is 0.604. The zero-order valence-electron chi connectivity index (χ0n) is 12.9. The molecule has 3 atom stereocenters. The molecule has 2 N–H and O–H groups in total. The van der Waals surface area contributed by atoms with Crippen LogP contribution >= 0.6 is 11.8 Å². The molecule has 0 aliphatic rings. The first kappa shape index (κ1) is 18.7. The first-order chi connectivity index (χ1) is 8.89. The molecule has 0 aromatic heterocycles. The van der Waals surface area contributed by atoms with Gasteiger partial charge in [0.05, 0.1) is 6.61 Å². The third-order valence-electron chi connectivity index (χ3n) is 2.99. The molecular weight excluding hydrogens is 262 g/mol. The summed E-state index contributed by atoms with van der Waals surface area (Å²) in [6.07, 6.45) is 1.51. The maximum Gasteiger partial charge on any atom is 0.326 e. The van der Waals surface area contributed by atoms with Gasteiger partial charge >= 0.3 is 5.97 Å². The second-order valence-corrected chi connectivity index (χ2v) is 6.94. The minimum absolute atomic E-state index is 0.181. The number of aliphatic hydroxyl groups is 1. The number of thioether (sulfide) groups is 1. The van der Waals surface area contributed by atoms with Crippen molar-refractivity contribution in [1.82, 2.24) is 5.32 Å². The first-order valence-corrected chi connectivity index (χ1v) is 8.02. The summed E-state index contributed by atoms with van der Waals surface area (Å²) >= 11 is 1.80. The highest BCUT2D eigenvalue weighted by molar-refractivity contribution is 8.00. The molecule has 0 bridgehead atoms. The number of ether oxygens (including phenoxy) is 1. The van der Waals surface area contributed by atoms with Gasteiger partial charge in [0.2, 0.25) is 0 Å². The van der Waals surface area contributed by atoms with E-state index in [-0.39, 0.29) is 12.6 Å². The number of esters is 1. The summed E-state index contributed by atoms with van der Waals surface area (Å²) in [4.78, 5) is 12.1. The summed E-state index contributed by atoms with van der Waals surface area (Å²) < 4.78 is 5.16. The van der Waals surface area contributed by atoms with Crippen molar-refractivity contribution >= 4 is 17.7 Å². The molecule has 3 unspecified atom stereocenters. The van der Waals surface area contributed by atoms with Crippen LogP contribution in [0.3, 0.4) is 0 Å². The van der Waals surface area contributed by atoms with E-state index in [2.05, 4.69) is 19.2 Å². The summed E-state index contributed by atoms with van der Waals surface area (Å²) in [5.74, 6) is -0.181. The van der Waals surface area contributed by atoms with Crippen molar-refractivity contribution in [1.29, 1.82) is 0 Å². The van der Waals surface area contributed by atoms with Crippen LogP contribution in [0.5, 0.6) is 0 Å². The molecule has 114 valence electrons. The van der Waals surface area contributed by atoms with Gasteiger partial charge in [-0.1, -0.05) is 20.8 Å². The molecule has 0 rings (SSSR count). The fraction of sp³-hybridized carbons (Fsp3) is 0.929. The third kappa shape index (κ3) is 7.18. The van der Waals surface area contributed by atoms with E-state index in [9.17, 15) is 4.79 Å². The van der Waals surface area contributed by atoms with Gasteiger partial charge in [0.15, 0.2) is 0 Å². The maximum atomic E-state index is 12.1. The third-order valence-corrected chi connectivity index (χ3v) is 4.32. The van der Waals surface area contributed by atoms with Crippen LogP contribution in [0.1, 0.15) is 47.5 Å². The molecule has 0 saturated carbocycles. The molecule has 0 aliphatic carbocycles. The van der Waals surface area contributed by atoms with E-state index in [1.54, 1.807) is 11.8 Å². The van der Waals surface area contributed by atoms with Crippen molar-refractivity contribution in [2.45, 2.75) is 63.5 Å². The van der Waals surface area contributed by atoms with Crippen LogP contribution in [0.2, 0.25) is 0 Å². The molecule has 0 aromatic rings. The van der Waals surface area contributed by atoms with Crippen LogP contribution in [0.25, 0.3) is 0 Å². The molecule has 0 aromatic carbocycles. The molecular formula is C14H29NO3S. The summed E-state index contributed by atoms with van der Waals surface area (Å²) in [6, 6.07) is 0. The Bertz CT molecular complexity index is 263. The number of aliphatic hydroxyl groups excluding tert-OH is 1. The van der Waals surface area contributed by atoms with Gasteiger partial charge in [-0.05, 0) is 33.2 Å². The predicted molar refractivity (Wildman–Crippen MR) is 81.5 cm³/mol. The molecule has 4 nitrogen and oxygen atoms in total. The topological polar surface area (TPSA) is 58.6 Å². The minimum Gasteiger partial charge on any atom is -0.465 e. The lowest BCUT2D eigenvalue weighted by Crippen LogP contribution is -2.52. The zero-order valence-corrected chi connectivity index (χ0v) is 13.7. The number of carbonyl (C=O) groups excluding carboxylic acids is 1. The van der Waals surface area contributed by atoms with Gasteiger partial charge in [-0.2, -0.15) is 11.8 Å². The molecule has 0 radical (unpaired) electrons. The van der Waals surface area contributed by atoms with Gasteiger partial charge in [0.1, 0.15) is 5.54 Å². The fourth-order valence-electron chi connectivity index (χ4n) is 2.18. The number of carbonyl (C=O) groups is 1. The highest BCUT2D eigenvalue weighted by atomic mass is 32.2. The Hall–Kier alpha value is -0.260. The Kier molecular flexibility index (Phi) is 9.48. The highest BCUT2D eigenvalue weighted by Gasteiger charge is 2.35. The summed E-state index contributed by atoms with van der Waals surface area (Å²) in [5.41, 5.74) is -0.629. The van der Waals surface area contributed by atoms with E-state index in [0.29, 0.717) is 17.1 Å². The van der Waals surface area contributed by atoms with Gasteiger partial charge in [-0.15, -0.1) is 0 Å². The van der Waals surface area contributed by atoms with E-state index < -0.39 is 5.54 Å². The summed E-state index contributed by atoms with van der Waals surface area (Å²) in [7, 11) is 0. The maximum absolute atomic E-state index is 12.1. The Morgan fingerprint density at radius 2 is 2.00 bits per heavy atom. The Morgan fingerprint density at radius 3 is 2.47 bits per heavy atom. The largest absolute Gasteiger partial charge is 0.465 e. The van der Waals surface area contributed by atoms with Crippen molar-refractivity contribution in [3.8, 4) is 0 Å². The van der Waals surface area contributed by atoms with Crippen molar-refractivity contribution in [2.75, 3.05) is 19.8 Å². The van der Waals surface area contributed by atoms with Crippen LogP contribution in [-0.2, 0) is 9.53 Å². The first-order valence-electron chi connectivity index (χ1n) is 7.08. The average Bonchev–Trinajstić information content (AvgIpc) is 2.29. The van der Waals surface area contributed by atoms with Gasteiger partial charge in [-0.3, -0.25) is 4.79 Å². The monoisotopic (exact) mass is 291 g/mol. The van der Waals surface area contributed by atoms with E-state index in [1.807, 2.05) is 20.8 Å². The van der Waals surface area contributed by atoms with E-state index in [0.717, 1.165) is 19.4 Å². The number of nitrogens with one attached hydrogen (secondary N) is 1. The molecule has 5 heteroatoms. The number of rotatable bonds is 10. The van der Waals surface area contributed by atoms with Crippen LogP contribution < -0.4 is 5.32 Å². The van der Waals surface area contributed by atoms with Gasteiger partial charge < -0.3 is 15.2 Å². The van der Waals surface area contributed by atoms with Gasteiger partial charge in [-0.25, -0.2) is 0 Å². The number of likely N-dealkylation sites (N-methyl/N-ethyl adjacent to an activating group) is 1. The second kappa shape index (κ2) is 9.61. The molecule has 0 spiro atoms. The van der Waals surface area contributed by atoms with Crippen LogP contribution in [0, 0.1) is 0 Å². The Labute approximate surface area is 121 Å². The second-order valence-electron chi connectivity index (χ2n) is 5.06. The van der Waals surface area contributed by atoms with Crippen molar-refractivity contribution in [3.63, 3.8) is 0 Å². The standard InChI is InChI=1S/C14H29NO3S/c1-6-15-14(5,13(17)18-7-2)10-12(4)19-11(3)8-9-16/h11-12,15-16H,6-10H2,1-5H3. The molecule has 19 heavy (non-hydrogen) atoms. The van der Waals surface area contributed by atoms with E-state index in [4.69, 9.17) is 9.84 Å². The normalized spacial score (nSPS) is 17.6. The van der Waals surface area contributed by atoms with Gasteiger partial charge in [0, 0.05) is 17.1 Å². The zero-order chi connectivity index (χ0) is 14.9. The van der Waals surface area contributed by atoms with Gasteiger partial charge in [0.25, 0.3) is 0 Å². The average molecular weight is 291 g/mol. The number of hydrogen-bond donors (Lipinski definition) is 2. The highest BCUT2D eigenvalue weighted by Crippen LogP contribution is 2.27. The van der Waals surface area contributed by atoms with E-state index in [1.165, 1.54) is 0 Å². The predicted octanol–water partition coefficient (Wildman–Crippen LogP) is 2.20. The van der Waals surface area contributed by atoms with E-state index >= 15 is 0 Å². The molecule has 0 heterocycles. The molecule has 0 saturated heterocycles. The Morgan fingerprint density at radius 1 is 1.37 bits per heavy atom. The SMILES string of the molecule is CCNC(C)(CC(C)SC(C)CCO)C(=O)OCC. The summed E-state index contributed by atoms with van der Waals surface area (Å²) in [6.45, 7) is 11.3.